The van der Waals surface area contributed by atoms with E-state index in [1.54, 1.807) is 19.2 Å². The highest BCUT2D eigenvalue weighted by Crippen LogP contribution is 2.29. The van der Waals surface area contributed by atoms with Gasteiger partial charge < -0.3 is 14.2 Å². The SMILES string of the molecule is C=CCC[C@H]1CO[C@H](c2ccc(-c3ccc(COC)c(F)c3)cc2)OC1. The molecule has 0 N–H and O–H groups in total. The van der Waals surface area contributed by atoms with Crippen molar-refractivity contribution in [2.24, 2.45) is 5.92 Å². The summed E-state index contributed by atoms with van der Waals surface area (Å²) in [6, 6.07) is 13.1. The van der Waals surface area contributed by atoms with Gasteiger partial charge in [-0.15, -0.1) is 6.58 Å². The molecule has 0 amide bonds. The van der Waals surface area contributed by atoms with Crippen LogP contribution in [0.15, 0.2) is 55.1 Å². The van der Waals surface area contributed by atoms with Crippen LogP contribution >= 0.6 is 0 Å². The van der Waals surface area contributed by atoms with Gasteiger partial charge in [0.25, 0.3) is 0 Å². The van der Waals surface area contributed by atoms with E-state index in [4.69, 9.17) is 14.2 Å². The third-order valence-electron chi connectivity index (χ3n) is 4.61. The average Bonchev–Trinajstić information content (AvgIpc) is 2.69. The number of allylic oxidation sites excluding steroid dienone is 1. The third-order valence-corrected chi connectivity index (χ3v) is 4.61. The monoisotopic (exact) mass is 356 g/mol. The van der Waals surface area contributed by atoms with Crippen molar-refractivity contribution >= 4 is 0 Å². The molecular formula is C22H25FO3. The standard InChI is InChI=1S/C22H25FO3/c1-3-4-5-16-13-25-22(26-14-16)18-8-6-17(7-9-18)19-10-11-20(15-24-2)21(23)12-19/h3,6-12,16,22H,1,4-5,13-15H2,2H3/t16-,22-. The van der Waals surface area contributed by atoms with Crippen LogP contribution in [0.25, 0.3) is 11.1 Å². The lowest BCUT2D eigenvalue weighted by Crippen LogP contribution is -2.26. The van der Waals surface area contributed by atoms with Gasteiger partial charge in [-0.2, -0.15) is 0 Å². The van der Waals surface area contributed by atoms with Crippen LogP contribution in [0.3, 0.4) is 0 Å². The summed E-state index contributed by atoms with van der Waals surface area (Å²) in [6.45, 7) is 5.42. The molecule has 3 nitrogen and oxygen atoms in total. The maximum atomic E-state index is 14.1. The molecule has 1 aliphatic heterocycles. The summed E-state index contributed by atoms with van der Waals surface area (Å²) in [5, 5.41) is 0. The van der Waals surface area contributed by atoms with Crippen LogP contribution in [0, 0.1) is 11.7 Å². The molecule has 0 atom stereocenters. The molecule has 0 spiro atoms. The molecule has 2 aromatic carbocycles. The van der Waals surface area contributed by atoms with Gasteiger partial charge in [0.2, 0.25) is 0 Å². The van der Waals surface area contributed by atoms with E-state index in [-0.39, 0.29) is 18.7 Å². The van der Waals surface area contributed by atoms with Crippen LogP contribution < -0.4 is 0 Å². The summed E-state index contributed by atoms with van der Waals surface area (Å²) < 4.78 is 30.8. The lowest BCUT2D eigenvalue weighted by atomic mass is 10.0. The Morgan fingerprint density at radius 1 is 1.12 bits per heavy atom. The van der Waals surface area contributed by atoms with Crippen molar-refractivity contribution in [2.45, 2.75) is 25.7 Å². The summed E-state index contributed by atoms with van der Waals surface area (Å²) in [5.41, 5.74) is 3.33. The third kappa shape index (κ3) is 4.58. The molecule has 3 rings (SSSR count). The van der Waals surface area contributed by atoms with E-state index >= 15 is 0 Å². The molecule has 1 heterocycles. The van der Waals surface area contributed by atoms with E-state index < -0.39 is 0 Å². The first kappa shape index (κ1) is 18.8. The van der Waals surface area contributed by atoms with Crippen molar-refractivity contribution in [3.8, 4) is 11.1 Å². The fourth-order valence-electron chi connectivity index (χ4n) is 3.09. The highest BCUT2D eigenvalue weighted by atomic mass is 19.1. The van der Waals surface area contributed by atoms with Gasteiger partial charge in [0, 0.05) is 24.2 Å². The zero-order chi connectivity index (χ0) is 18.4. The summed E-state index contributed by atoms with van der Waals surface area (Å²) in [4.78, 5) is 0. The highest BCUT2D eigenvalue weighted by Gasteiger charge is 2.23. The van der Waals surface area contributed by atoms with Gasteiger partial charge in [-0.05, 0) is 30.0 Å². The molecule has 26 heavy (non-hydrogen) atoms. The average molecular weight is 356 g/mol. The highest BCUT2D eigenvalue weighted by molar-refractivity contribution is 5.64. The lowest BCUT2D eigenvalue weighted by Gasteiger charge is -2.29. The van der Waals surface area contributed by atoms with Gasteiger partial charge in [0.15, 0.2) is 6.29 Å². The Hall–Kier alpha value is -2.01. The molecule has 1 aliphatic rings. The molecule has 0 bridgehead atoms. The second kappa shape index (κ2) is 9.08. The van der Waals surface area contributed by atoms with Crippen LogP contribution in [0.4, 0.5) is 4.39 Å². The van der Waals surface area contributed by atoms with E-state index in [0.29, 0.717) is 24.7 Å². The van der Waals surface area contributed by atoms with Crippen molar-refractivity contribution in [2.75, 3.05) is 20.3 Å². The zero-order valence-corrected chi connectivity index (χ0v) is 15.1. The molecule has 4 heteroatoms. The number of ether oxygens (including phenoxy) is 3. The van der Waals surface area contributed by atoms with E-state index in [2.05, 4.69) is 6.58 Å². The van der Waals surface area contributed by atoms with Crippen LogP contribution in [-0.4, -0.2) is 20.3 Å². The van der Waals surface area contributed by atoms with E-state index in [9.17, 15) is 4.39 Å². The predicted octanol–water partition coefficient (Wildman–Crippen LogP) is 5.27. The number of halogens is 1. The molecule has 1 saturated heterocycles. The van der Waals surface area contributed by atoms with Gasteiger partial charge in [0.05, 0.1) is 19.8 Å². The molecule has 2 aromatic rings. The number of methoxy groups -OCH3 is 1. The number of hydrogen-bond donors (Lipinski definition) is 0. The Balaban J connectivity index is 1.64. The van der Waals surface area contributed by atoms with Crippen LogP contribution in [-0.2, 0) is 20.8 Å². The topological polar surface area (TPSA) is 27.7 Å². The summed E-state index contributed by atoms with van der Waals surface area (Å²) in [7, 11) is 1.56. The van der Waals surface area contributed by atoms with Crippen molar-refractivity contribution in [3.05, 3.63) is 72.1 Å². The smallest absolute Gasteiger partial charge is 0.183 e. The fraction of sp³-hybridized carbons (Fsp3) is 0.364. The summed E-state index contributed by atoms with van der Waals surface area (Å²) in [6.07, 6.45) is 3.62. The van der Waals surface area contributed by atoms with Gasteiger partial charge in [-0.1, -0.05) is 42.5 Å². The fourth-order valence-corrected chi connectivity index (χ4v) is 3.09. The molecule has 0 radical (unpaired) electrons. The quantitative estimate of drug-likeness (QED) is 0.633. The van der Waals surface area contributed by atoms with Crippen LogP contribution in [0.1, 0.15) is 30.3 Å². The second-order valence-electron chi connectivity index (χ2n) is 6.59. The Kier molecular flexibility index (Phi) is 6.56. The Labute approximate surface area is 154 Å². The molecule has 138 valence electrons. The normalized spacial score (nSPS) is 20.1. The maximum Gasteiger partial charge on any atom is 0.183 e. The molecule has 0 saturated carbocycles. The maximum absolute atomic E-state index is 14.1. The Morgan fingerprint density at radius 3 is 2.42 bits per heavy atom. The zero-order valence-electron chi connectivity index (χ0n) is 15.1. The lowest BCUT2D eigenvalue weighted by molar-refractivity contribution is -0.205. The minimum atomic E-state index is -0.329. The second-order valence-corrected chi connectivity index (χ2v) is 6.59. The van der Waals surface area contributed by atoms with Gasteiger partial charge in [-0.25, -0.2) is 4.39 Å². The van der Waals surface area contributed by atoms with Crippen molar-refractivity contribution in [1.29, 1.82) is 0 Å². The molecule has 0 aliphatic carbocycles. The van der Waals surface area contributed by atoms with E-state index in [1.165, 1.54) is 0 Å². The minimum Gasteiger partial charge on any atom is -0.380 e. The van der Waals surface area contributed by atoms with Crippen LogP contribution in [0.2, 0.25) is 0 Å². The number of hydrogen-bond acceptors (Lipinski definition) is 3. The number of benzene rings is 2. The molecular weight excluding hydrogens is 331 g/mol. The molecule has 1 fully saturated rings. The largest absolute Gasteiger partial charge is 0.380 e. The van der Waals surface area contributed by atoms with Crippen molar-refractivity contribution in [1.82, 2.24) is 0 Å². The Morgan fingerprint density at radius 2 is 1.81 bits per heavy atom. The summed E-state index contributed by atoms with van der Waals surface area (Å²) in [5.74, 6) is 0.176. The van der Waals surface area contributed by atoms with Gasteiger partial charge >= 0.3 is 0 Å². The van der Waals surface area contributed by atoms with Crippen LogP contribution in [0.5, 0.6) is 0 Å². The van der Waals surface area contributed by atoms with Gasteiger partial charge in [0.1, 0.15) is 5.82 Å². The van der Waals surface area contributed by atoms with E-state index in [0.717, 1.165) is 29.5 Å². The first-order valence-corrected chi connectivity index (χ1v) is 8.93. The van der Waals surface area contributed by atoms with Crippen molar-refractivity contribution in [3.63, 3.8) is 0 Å². The van der Waals surface area contributed by atoms with E-state index in [1.807, 2.05) is 36.4 Å². The minimum absolute atomic E-state index is 0.252. The van der Waals surface area contributed by atoms with Gasteiger partial charge in [-0.3, -0.25) is 0 Å². The van der Waals surface area contributed by atoms with Crippen molar-refractivity contribution < 1.29 is 18.6 Å². The molecule has 0 unspecified atom stereocenters. The number of rotatable bonds is 7. The first-order valence-electron chi connectivity index (χ1n) is 8.93. The Bertz CT molecular complexity index is 719. The summed E-state index contributed by atoms with van der Waals surface area (Å²) >= 11 is 0. The molecule has 0 aromatic heterocycles. The predicted molar refractivity (Wildman–Crippen MR) is 100 cm³/mol. The first-order chi connectivity index (χ1) is 12.7.